The van der Waals surface area contributed by atoms with Gasteiger partial charge in [-0.25, -0.2) is 0 Å². The molecule has 1 aromatic rings. The van der Waals surface area contributed by atoms with Gasteiger partial charge in [-0.1, -0.05) is 30.3 Å². The van der Waals surface area contributed by atoms with Crippen LogP contribution in [0.15, 0.2) is 30.3 Å². The molecule has 0 aromatic heterocycles. The molecular weight excluding hydrogens is 246 g/mol. The molecule has 0 fully saturated rings. The third-order valence-corrected chi connectivity index (χ3v) is 2.77. The lowest BCUT2D eigenvalue weighted by atomic mass is 9.99. The minimum Gasteiger partial charge on any atom is -0.481 e. The van der Waals surface area contributed by atoms with Gasteiger partial charge in [0, 0.05) is 13.2 Å². The first kappa shape index (κ1) is 15.2. The summed E-state index contributed by atoms with van der Waals surface area (Å²) in [5.74, 6) is -2.02. The predicted molar refractivity (Wildman–Crippen MR) is 70.9 cm³/mol. The summed E-state index contributed by atoms with van der Waals surface area (Å²) < 4.78 is 5.14. The molecule has 5 heteroatoms. The summed E-state index contributed by atoms with van der Waals surface area (Å²) in [6, 6.07) is 8.83. The van der Waals surface area contributed by atoms with Gasteiger partial charge in [0.1, 0.15) is 6.10 Å². The largest absolute Gasteiger partial charge is 0.481 e. The summed E-state index contributed by atoms with van der Waals surface area (Å²) in [5, 5.41) is 11.8. The van der Waals surface area contributed by atoms with Crippen LogP contribution in [0.2, 0.25) is 0 Å². The fourth-order valence-electron chi connectivity index (χ4n) is 1.71. The monoisotopic (exact) mass is 265 g/mol. The average molecular weight is 265 g/mol. The van der Waals surface area contributed by atoms with Crippen molar-refractivity contribution >= 4 is 11.9 Å². The first-order valence-electron chi connectivity index (χ1n) is 6.23. The van der Waals surface area contributed by atoms with Crippen LogP contribution in [-0.2, 0) is 14.3 Å². The molecule has 0 spiro atoms. The second-order valence-corrected chi connectivity index (χ2v) is 4.14. The number of carbonyl (C=O) groups excluding carboxylic acids is 1. The number of ether oxygens (including phenoxy) is 1. The summed E-state index contributed by atoms with van der Waals surface area (Å²) >= 11 is 0. The van der Waals surface area contributed by atoms with Gasteiger partial charge < -0.3 is 15.2 Å². The summed E-state index contributed by atoms with van der Waals surface area (Å²) in [6.45, 7) is 3.93. The van der Waals surface area contributed by atoms with Crippen LogP contribution in [0.1, 0.15) is 25.3 Å². The van der Waals surface area contributed by atoms with E-state index in [1.807, 2.05) is 6.07 Å². The molecular formula is C14H19NO4. The van der Waals surface area contributed by atoms with Crippen LogP contribution in [0.25, 0.3) is 0 Å². The van der Waals surface area contributed by atoms with E-state index in [4.69, 9.17) is 4.74 Å². The first-order chi connectivity index (χ1) is 9.06. The van der Waals surface area contributed by atoms with Gasteiger partial charge in [-0.15, -0.1) is 0 Å². The Morgan fingerprint density at radius 2 is 1.95 bits per heavy atom. The van der Waals surface area contributed by atoms with E-state index in [1.165, 1.54) is 0 Å². The number of carbonyl (C=O) groups is 2. The first-order valence-corrected chi connectivity index (χ1v) is 6.23. The Morgan fingerprint density at radius 1 is 1.32 bits per heavy atom. The van der Waals surface area contributed by atoms with E-state index in [2.05, 4.69) is 5.32 Å². The molecule has 1 rings (SSSR count). The Labute approximate surface area is 112 Å². The van der Waals surface area contributed by atoms with Crippen LogP contribution >= 0.6 is 0 Å². The maximum Gasteiger partial charge on any atom is 0.312 e. The van der Waals surface area contributed by atoms with Crippen molar-refractivity contribution in [3.63, 3.8) is 0 Å². The fourth-order valence-corrected chi connectivity index (χ4v) is 1.71. The highest BCUT2D eigenvalue weighted by Gasteiger charge is 2.21. The van der Waals surface area contributed by atoms with Gasteiger partial charge in [-0.3, -0.25) is 9.59 Å². The van der Waals surface area contributed by atoms with Crippen LogP contribution in [-0.4, -0.2) is 36.2 Å². The zero-order valence-corrected chi connectivity index (χ0v) is 11.1. The quantitative estimate of drug-likeness (QED) is 0.781. The van der Waals surface area contributed by atoms with Crippen molar-refractivity contribution < 1.29 is 19.4 Å². The predicted octanol–water partition coefficient (Wildman–Crippen LogP) is 1.40. The number of hydrogen-bond donors (Lipinski definition) is 2. The van der Waals surface area contributed by atoms with Crippen molar-refractivity contribution in [2.24, 2.45) is 0 Å². The molecule has 19 heavy (non-hydrogen) atoms. The van der Waals surface area contributed by atoms with E-state index < -0.39 is 18.0 Å². The standard InChI is InChI=1S/C14H19NO4/c1-3-19-10(2)13(16)15-9-12(14(17)18)11-7-5-4-6-8-11/h4-8,10,12H,3,9H2,1-2H3,(H,15,16)(H,17,18). The molecule has 0 bridgehead atoms. The lowest BCUT2D eigenvalue weighted by Gasteiger charge is -2.16. The van der Waals surface area contributed by atoms with Gasteiger partial charge >= 0.3 is 5.97 Å². The van der Waals surface area contributed by atoms with Crippen molar-refractivity contribution in [1.29, 1.82) is 0 Å². The molecule has 2 atom stereocenters. The molecule has 5 nitrogen and oxygen atoms in total. The van der Waals surface area contributed by atoms with Crippen LogP contribution in [0.3, 0.4) is 0 Å². The SMILES string of the molecule is CCOC(C)C(=O)NCC(C(=O)O)c1ccccc1. The van der Waals surface area contributed by atoms with Gasteiger partial charge in [0.2, 0.25) is 5.91 Å². The Kier molecular flexibility index (Phi) is 6.02. The van der Waals surface area contributed by atoms with E-state index in [-0.39, 0.29) is 12.5 Å². The van der Waals surface area contributed by atoms with Crippen molar-refractivity contribution in [2.45, 2.75) is 25.9 Å². The maximum absolute atomic E-state index is 11.7. The number of aliphatic carboxylic acids is 1. The Balaban J connectivity index is 2.61. The second kappa shape index (κ2) is 7.53. The molecule has 0 aliphatic rings. The summed E-state index contributed by atoms with van der Waals surface area (Å²) in [5.41, 5.74) is 0.666. The summed E-state index contributed by atoms with van der Waals surface area (Å²) in [7, 11) is 0. The Hall–Kier alpha value is -1.88. The van der Waals surface area contributed by atoms with E-state index in [1.54, 1.807) is 38.1 Å². The number of rotatable bonds is 7. The molecule has 1 amide bonds. The van der Waals surface area contributed by atoms with Crippen molar-refractivity contribution in [3.8, 4) is 0 Å². The molecule has 0 saturated heterocycles. The van der Waals surface area contributed by atoms with Crippen LogP contribution in [0, 0.1) is 0 Å². The van der Waals surface area contributed by atoms with Gasteiger partial charge in [-0.05, 0) is 19.4 Å². The topological polar surface area (TPSA) is 75.6 Å². The highest BCUT2D eigenvalue weighted by molar-refractivity contribution is 5.82. The molecule has 0 aliphatic heterocycles. The molecule has 2 N–H and O–H groups in total. The number of nitrogens with one attached hydrogen (secondary N) is 1. The van der Waals surface area contributed by atoms with Crippen molar-refractivity contribution in [1.82, 2.24) is 5.32 Å². The van der Waals surface area contributed by atoms with Crippen LogP contribution < -0.4 is 5.32 Å². The molecule has 1 aromatic carbocycles. The van der Waals surface area contributed by atoms with Crippen molar-refractivity contribution in [3.05, 3.63) is 35.9 Å². The zero-order valence-electron chi connectivity index (χ0n) is 11.1. The third kappa shape index (κ3) is 4.71. The Bertz CT molecular complexity index is 419. The average Bonchev–Trinajstić information content (AvgIpc) is 2.39. The highest BCUT2D eigenvalue weighted by Crippen LogP contribution is 2.14. The van der Waals surface area contributed by atoms with E-state index in [9.17, 15) is 14.7 Å². The number of hydrogen-bond acceptors (Lipinski definition) is 3. The third-order valence-electron chi connectivity index (χ3n) is 2.77. The minimum absolute atomic E-state index is 0.0512. The van der Waals surface area contributed by atoms with Gasteiger partial charge in [0.15, 0.2) is 0 Å². The lowest BCUT2D eigenvalue weighted by Crippen LogP contribution is -2.38. The number of carboxylic acids is 1. The smallest absolute Gasteiger partial charge is 0.312 e. The summed E-state index contributed by atoms with van der Waals surface area (Å²) in [6.07, 6.45) is -0.574. The molecule has 0 heterocycles. The highest BCUT2D eigenvalue weighted by atomic mass is 16.5. The lowest BCUT2D eigenvalue weighted by molar-refractivity contribution is -0.139. The fraction of sp³-hybridized carbons (Fsp3) is 0.429. The summed E-state index contributed by atoms with van der Waals surface area (Å²) in [4.78, 5) is 22.9. The van der Waals surface area contributed by atoms with Crippen molar-refractivity contribution in [2.75, 3.05) is 13.2 Å². The maximum atomic E-state index is 11.7. The molecule has 0 aliphatic carbocycles. The van der Waals surface area contributed by atoms with Gasteiger partial charge in [0.05, 0.1) is 5.92 Å². The number of amides is 1. The Morgan fingerprint density at radius 3 is 2.47 bits per heavy atom. The van der Waals surface area contributed by atoms with Gasteiger partial charge in [0.25, 0.3) is 0 Å². The molecule has 104 valence electrons. The molecule has 0 saturated carbocycles. The van der Waals surface area contributed by atoms with Crippen LogP contribution in [0.5, 0.6) is 0 Å². The molecule has 2 unspecified atom stereocenters. The van der Waals surface area contributed by atoms with E-state index in [0.29, 0.717) is 12.2 Å². The normalized spacial score (nSPS) is 13.6. The van der Waals surface area contributed by atoms with E-state index in [0.717, 1.165) is 0 Å². The van der Waals surface area contributed by atoms with Crippen LogP contribution in [0.4, 0.5) is 0 Å². The van der Waals surface area contributed by atoms with E-state index >= 15 is 0 Å². The number of carboxylic acid groups (broad SMARTS) is 1. The molecule has 0 radical (unpaired) electrons. The van der Waals surface area contributed by atoms with Gasteiger partial charge in [-0.2, -0.15) is 0 Å². The number of benzene rings is 1. The zero-order chi connectivity index (χ0) is 14.3. The minimum atomic E-state index is -0.962. The second-order valence-electron chi connectivity index (χ2n) is 4.14.